The first-order chi connectivity index (χ1) is 5.11. The van der Waals surface area contributed by atoms with Gasteiger partial charge in [0.15, 0.2) is 0 Å². The summed E-state index contributed by atoms with van der Waals surface area (Å²) in [5, 5.41) is 8.90. The predicted octanol–water partition coefficient (Wildman–Crippen LogP) is 1.17. The van der Waals surface area contributed by atoms with Crippen molar-refractivity contribution < 1.29 is 9.50 Å². The van der Waals surface area contributed by atoms with Gasteiger partial charge in [0, 0.05) is 5.56 Å². The predicted molar refractivity (Wildman–Crippen MR) is 44.0 cm³/mol. The maximum atomic E-state index is 12.7. The quantitative estimate of drug-likeness (QED) is 0.623. The van der Waals surface area contributed by atoms with Gasteiger partial charge in [-0.3, -0.25) is 0 Å². The smallest absolute Gasteiger partial charge is 0.133 e. The highest BCUT2D eigenvalue weighted by Crippen LogP contribution is 2.14. The average Bonchev–Trinajstić information content (AvgIpc) is 1.94. The molecule has 0 saturated carbocycles. The molecule has 0 bridgehead atoms. The topological polar surface area (TPSA) is 46.2 Å². The minimum absolute atomic E-state index is 0.0470. The van der Waals surface area contributed by atoms with Gasteiger partial charge in [0.05, 0.1) is 0 Å². The van der Waals surface area contributed by atoms with Crippen molar-refractivity contribution in [3.8, 4) is 5.75 Å². The number of rotatable bonds is 1. The molecule has 0 radical (unpaired) electrons. The van der Waals surface area contributed by atoms with E-state index in [0.717, 1.165) is 6.07 Å². The van der Waals surface area contributed by atoms with Gasteiger partial charge in [-0.2, -0.15) is 0 Å². The average molecular weight is 171 g/mol. The molecule has 0 unspecified atom stereocenters. The molecule has 3 N–H and O–H groups in total. The first-order valence-electron chi connectivity index (χ1n) is 2.89. The van der Waals surface area contributed by atoms with Crippen LogP contribution in [-0.2, 0) is 0 Å². The van der Waals surface area contributed by atoms with Crippen molar-refractivity contribution in [2.45, 2.75) is 0 Å². The summed E-state index contributed by atoms with van der Waals surface area (Å²) in [5.74, 6) is -0.565. The lowest BCUT2D eigenvalue weighted by Crippen LogP contribution is -2.11. The number of benzene rings is 1. The van der Waals surface area contributed by atoms with Gasteiger partial charge in [-0.1, -0.05) is 12.2 Å². The maximum Gasteiger partial charge on any atom is 0.133 e. The molecular weight excluding hydrogens is 165 g/mol. The molecule has 0 aliphatic carbocycles. The minimum atomic E-state index is -0.518. The Morgan fingerprint density at radius 3 is 2.64 bits per heavy atom. The van der Waals surface area contributed by atoms with E-state index in [4.69, 9.17) is 10.8 Å². The monoisotopic (exact) mass is 171 g/mol. The molecule has 0 aliphatic rings. The Labute approximate surface area is 68.5 Å². The van der Waals surface area contributed by atoms with Gasteiger partial charge < -0.3 is 10.8 Å². The first-order valence-corrected chi connectivity index (χ1v) is 3.30. The van der Waals surface area contributed by atoms with Crippen LogP contribution in [0.3, 0.4) is 0 Å². The normalized spacial score (nSPS) is 9.55. The van der Waals surface area contributed by atoms with Crippen LogP contribution in [0.15, 0.2) is 18.2 Å². The van der Waals surface area contributed by atoms with Crippen LogP contribution in [0, 0.1) is 5.82 Å². The molecule has 0 atom stereocenters. The molecule has 2 nitrogen and oxygen atoms in total. The zero-order valence-electron chi connectivity index (χ0n) is 5.54. The number of aromatic hydroxyl groups is 1. The lowest BCUT2D eigenvalue weighted by Gasteiger charge is -1.99. The largest absolute Gasteiger partial charge is 0.508 e. The summed E-state index contributed by atoms with van der Waals surface area (Å²) in [4.78, 5) is -0.0570. The van der Waals surface area contributed by atoms with Crippen molar-refractivity contribution >= 4 is 17.2 Å². The molecule has 0 fully saturated rings. The van der Waals surface area contributed by atoms with Crippen LogP contribution in [0.25, 0.3) is 0 Å². The van der Waals surface area contributed by atoms with Gasteiger partial charge in [-0.05, 0) is 18.2 Å². The molecule has 4 heteroatoms. The SMILES string of the molecule is NC(=S)c1cc(O)ccc1F. The van der Waals surface area contributed by atoms with Crippen molar-refractivity contribution in [3.63, 3.8) is 0 Å². The highest BCUT2D eigenvalue weighted by Gasteiger charge is 2.04. The van der Waals surface area contributed by atoms with Crippen LogP contribution in [0.1, 0.15) is 5.56 Å². The molecule has 1 aromatic carbocycles. The molecular formula is C7H6FNOS. The van der Waals surface area contributed by atoms with E-state index >= 15 is 0 Å². The summed E-state index contributed by atoms with van der Waals surface area (Å²) < 4.78 is 12.7. The van der Waals surface area contributed by atoms with Crippen molar-refractivity contribution in [2.75, 3.05) is 0 Å². The van der Waals surface area contributed by atoms with Crippen LogP contribution in [0.4, 0.5) is 4.39 Å². The highest BCUT2D eigenvalue weighted by atomic mass is 32.1. The fourth-order valence-electron chi connectivity index (χ4n) is 0.702. The van der Waals surface area contributed by atoms with Crippen LogP contribution in [0.5, 0.6) is 5.75 Å². The van der Waals surface area contributed by atoms with Gasteiger partial charge >= 0.3 is 0 Å². The molecule has 0 saturated heterocycles. The number of hydrogen-bond donors (Lipinski definition) is 2. The number of nitrogens with two attached hydrogens (primary N) is 1. The Kier molecular flexibility index (Phi) is 2.05. The minimum Gasteiger partial charge on any atom is -0.508 e. The number of halogens is 1. The van der Waals surface area contributed by atoms with E-state index in [1.54, 1.807) is 0 Å². The number of thiocarbonyl (C=S) groups is 1. The Morgan fingerprint density at radius 1 is 1.55 bits per heavy atom. The van der Waals surface area contributed by atoms with Crippen LogP contribution >= 0.6 is 12.2 Å². The van der Waals surface area contributed by atoms with E-state index in [-0.39, 0.29) is 16.3 Å². The Morgan fingerprint density at radius 2 is 2.18 bits per heavy atom. The third kappa shape index (κ3) is 1.65. The first kappa shape index (κ1) is 7.94. The van der Waals surface area contributed by atoms with Crippen LogP contribution in [-0.4, -0.2) is 10.1 Å². The van der Waals surface area contributed by atoms with Gasteiger partial charge in [0.1, 0.15) is 16.6 Å². The number of phenols is 1. The van der Waals surface area contributed by atoms with Gasteiger partial charge in [0.25, 0.3) is 0 Å². The summed E-state index contributed by atoms with van der Waals surface area (Å²) >= 11 is 4.54. The maximum absolute atomic E-state index is 12.7. The third-order valence-corrected chi connectivity index (χ3v) is 1.44. The van der Waals surface area contributed by atoms with E-state index in [1.165, 1.54) is 12.1 Å². The zero-order valence-corrected chi connectivity index (χ0v) is 6.36. The van der Waals surface area contributed by atoms with Gasteiger partial charge in [-0.25, -0.2) is 4.39 Å². The van der Waals surface area contributed by atoms with E-state index in [1.807, 2.05) is 0 Å². The summed E-state index contributed by atoms with van der Waals surface area (Å²) in [6.45, 7) is 0. The van der Waals surface area contributed by atoms with Crippen LogP contribution in [0.2, 0.25) is 0 Å². The molecule has 1 rings (SSSR count). The fourth-order valence-corrected chi connectivity index (χ4v) is 0.859. The second kappa shape index (κ2) is 2.84. The van der Waals surface area contributed by atoms with Gasteiger partial charge in [-0.15, -0.1) is 0 Å². The zero-order chi connectivity index (χ0) is 8.43. The summed E-state index contributed by atoms with van der Waals surface area (Å²) in [5.41, 5.74) is 5.23. The molecule has 0 aromatic heterocycles. The fraction of sp³-hybridized carbons (Fsp3) is 0. The Balaban J connectivity index is 3.23. The van der Waals surface area contributed by atoms with Crippen molar-refractivity contribution in [2.24, 2.45) is 5.73 Å². The number of phenolic OH excluding ortho intramolecular Hbond substituents is 1. The van der Waals surface area contributed by atoms with Crippen molar-refractivity contribution in [3.05, 3.63) is 29.6 Å². The number of hydrogen-bond acceptors (Lipinski definition) is 2. The summed E-state index contributed by atoms with van der Waals surface area (Å²) in [7, 11) is 0. The van der Waals surface area contributed by atoms with Crippen molar-refractivity contribution in [1.29, 1.82) is 0 Å². The van der Waals surface area contributed by atoms with E-state index in [2.05, 4.69) is 12.2 Å². The van der Waals surface area contributed by atoms with Gasteiger partial charge in [0.2, 0.25) is 0 Å². The third-order valence-electron chi connectivity index (χ3n) is 1.22. The van der Waals surface area contributed by atoms with E-state index in [9.17, 15) is 4.39 Å². The molecule has 0 heterocycles. The summed E-state index contributed by atoms with van der Waals surface area (Å²) in [6, 6.07) is 3.54. The second-order valence-electron chi connectivity index (χ2n) is 2.03. The molecule has 58 valence electrons. The standard InChI is InChI=1S/C7H6FNOS/c8-6-2-1-4(10)3-5(6)7(9)11/h1-3,10H,(H2,9,11). The van der Waals surface area contributed by atoms with Crippen molar-refractivity contribution in [1.82, 2.24) is 0 Å². The summed E-state index contributed by atoms with van der Waals surface area (Å²) in [6.07, 6.45) is 0. The molecule has 11 heavy (non-hydrogen) atoms. The Bertz CT molecular complexity index is 300. The highest BCUT2D eigenvalue weighted by molar-refractivity contribution is 7.80. The molecule has 0 spiro atoms. The lowest BCUT2D eigenvalue weighted by atomic mass is 10.2. The molecule has 1 aromatic rings. The molecule has 0 amide bonds. The van der Waals surface area contributed by atoms with E-state index < -0.39 is 5.82 Å². The Hall–Kier alpha value is -1.16. The lowest BCUT2D eigenvalue weighted by molar-refractivity contribution is 0.473. The van der Waals surface area contributed by atoms with E-state index in [0.29, 0.717) is 0 Å². The molecule has 0 aliphatic heterocycles. The van der Waals surface area contributed by atoms with Crippen LogP contribution < -0.4 is 5.73 Å². The second-order valence-corrected chi connectivity index (χ2v) is 2.47.